The van der Waals surface area contributed by atoms with Crippen molar-refractivity contribution in [2.24, 2.45) is 0 Å². The minimum Gasteiger partial charge on any atom is -0.310 e. The van der Waals surface area contributed by atoms with Crippen molar-refractivity contribution in [2.45, 2.75) is 32.2 Å². The molecule has 0 spiro atoms. The first-order chi connectivity index (χ1) is 7.74. The Morgan fingerprint density at radius 3 is 3.00 bits per heavy atom. The van der Waals surface area contributed by atoms with Gasteiger partial charge in [0.1, 0.15) is 5.82 Å². The number of hydrogen-bond donors (Lipinski definition) is 1. The Labute approximate surface area is 95.3 Å². The van der Waals surface area contributed by atoms with E-state index in [1.807, 2.05) is 6.92 Å². The zero-order chi connectivity index (χ0) is 11.8. The number of nitrogens with one attached hydrogen (secondary N) is 1. The van der Waals surface area contributed by atoms with Gasteiger partial charge in [0.05, 0.1) is 12.3 Å². The molecular weight excluding hydrogens is 205 g/mol. The summed E-state index contributed by atoms with van der Waals surface area (Å²) in [5, 5.41) is 11.6. The molecule has 1 rings (SSSR count). The van der Waals surface area contributed by atoms with Gasteiger partial charge in [0.15, 0.2) is 0 Å². The minimum absolute atomic E-state index is 0.0882. The van der Waals surface area contributed by atoms with E-state index < -0.39 is 0 Å². The number of hydrogen-bond acceptors (Lipinski definition) is 3. The maximum Gasteiger partial charge on any atom is 0.141 e. The van der Waals surface area contributed by atoms with E-state index in [2.05, 4.69) is 16.4 Å². The lowest BCUT2D eigenvalue weighted by atomic mass is 10.1. The van der Waals surface area contributed by atoms with Crippen molar-refractivity contribution in [1.29, 1.82) is 5.26 Å². The highest BCUT2D eigenvalue weighted by atomic mass is 19.1. The molecule has 4 heteroatoms. The molecule has 0 radical (unpaired) electrons. The van der Waals surface area contributed by atoms with Crippen molar-refractivity contribution < 1.29 is 4.39 Å². The Morgan fingerprint density at radius 2 is 2.31 bits per heavy atom. The van der Waals surface area contributed by atoms with E-state index in [0.717, 1.165) is 24.9 Å². The molecule has 0 saturated carbocycles. The average Bonchev–Trinajstić information content (AvgIpc) is 2.28. The first kappa shape index (κ1) is 12.6. The molecule has 86 valence electrons. The molecule has 1 aromatic heterocycles. The highest BCUT2D eigenvalue weighted by Gasteiger charge is 2.05. The molecule has 0 fully saturated rings. The summed E-state index contributed by atoms with van der Waals surface area (Å²) in [6.07, 6.45) is 5.31. The van der Waals surface area contributed by atoms with Crippen LogP contribution in [-0.2, 0) is 0 Å². The zero-order valence-electron chi connectivity index (χ0n) is 9.41. The second-order valence-electron chi connectivity index (χ2n) is 3.73. The number of nitriles is 1. The van der Waals surface area contributed by atoms with E-state index in [0.29, 0.717) is 6.42 Å². The molecular formula is C12H16FN3. The van der Waals surface area contributed by atoms with Crippen molar-refractivity contribution >= 4 is 0 Å². The molecule has 16 heavy (non-hydrogen) atoms. The molecule has 1 unspecified atom stereocenters. The summed E-state index contributed by atoms with van der Waals surface area (Å²) in [6, 6.07) is 3.68. The molecule has 0 aliphatic carbocycles. The van der Waals surface area contributed by atoms with Crippen molar-refractivity contribution in [3.63, 3.8) is 0 Å². The molecule has 0 aliphatic heterocycles. The second kappa shape index (κ2) is 6.91. The summed E-state index contributed by atoms with van der Waals surface area (Å²) in [7, 11) is 0. The number of unbranched alkanes of at least 4 members (excludes halogenated alkanes) is 2. The second-order valence-corrected chi connectivity index (χ2v) is 3.73. The molecule has 1 heterocycles. The van der Waals surface area contributed by atoms with E-state index in [9.17, 15) is 4.39 Å². The molecule has 0 saturated heterocycles. The van der Waals surface area contributed by atoms with Gasteiger partial charge in [-0.25, -0.2) is 4.39 Å². The van der Waals surface area contributed by atoms with Gasteiger partial charge < -0.3 is 5.32 Å². The van der Waals surface area contributed by atoms with Crippen LogP contribution in [0, 0.1) is 17.1 Å². The van der Waals surface area contributed by atoms with Gasteiger partial charge in [-0.3, -0.25) is 4.98 Å². The first-order valence-corrected chi connectivity index (χ1v) is 5.45. The fraction of sp³-hybridized carbons (Fsp3) is 0.500. The predicted octanol–water partition coefficient (Wildman–Crippen LogP) is 2.57. The molecule has 1 aromatic rings. The summed E-state index contributed by atoms with van der Waals surface area (Å²) < 4.78 is 12.9. The van der Waals surface area contributed by atoms with Gasteiger partial charge in [-0.1, -0.05) is 0 Å². The van der Waals surface area contributed by atoms with Crippen LogP contribution in [-0.4, -0.2) is 11.5 Å². The highest BCUT2D eigenvalue weighted by molar-refractivity contribution is 5.14. The van der Waals surface area contributed by atoms with Crippen LogP contribution in [0.1, 0.15) is 37.8 Å². The molecule has 0 bridgehead atoms. The fourth-order valence-corrected chi connectivity index (χ4v) is 1.43. The van der Waals surface area contributed by atoms with E-state index in [1.165, 1.54) is 12.3 Å². The normalized spacial score (nSPS) is 12.1. The van der Waals surface area contributed by atoms with E-state index >= 15 is 0 Å². The third-order valence-corrected chi connectivity index (χ3v) is 2.39. The number of nitrogens with zero attached hydrogens (tertiary/aromatic N) is 2. The molecule has 0 amide bonds. The number of halogens is 1. The Balaban J connectivity index is 2.30. The molecule has 3 nitrogen and oxygen atoms in total. The monoisotopic (exact) mass is 221 g/mol. The van der Waals surface area contributed by atoms with Crippen molar-refractivity contribution in [2.75, 3.05) is 6.54 Å². The van der Waals surface area contributed by atoms with Gasteiger partial charge in [0.2, 0.25) is 0 Å². The summed E-state index contributed by atoms with van der Waals surface area (Å²) in [5.74, 6) is -0.310. The average molecular weight is 221 g/mol. The lowest BCUT2D eigenvalue weighted by Gasteiger charge is -2.13. The lowest BCUT2D eigenvalue weighted by Crippen LogP contribution is -2.20. The summed E-state index contributed by atoms with van der Waals surface area (Å²) in [4.78, 5) is 3.80. The first-order valence-electron chi connectivity index (χ1n) is 5.45. The molecule has 1 atom stereocenters. The fourth-order valence-electron chi connectivity index (χ4n) is 1.43. The van der Waals surface area contributed by atoms with E-state index in [1.54, 1.807) is 6.20 Å². The van der Waals surface area contributed by atoms with Crippen LogP contribution < -0.4 is 5.32 Å². The van der Waals surface area contributed by atoms with E-state index in [4.69, 9.17) is 5.26 Å². The van der Waals surface area contributed by atoms with Crippen LogP contribution in [0.15, 0.2) is 18.5 Å². The number of pyridine rings is 1. The van der Waals surface area contributed by atoms with Gasteiger partial charge in [0, 0.05) is 18.7 Å². The van der Waals surface area contributed by atoms with Crippen molar-refractivity contribution in [3.8, 4) is 6.07 Å². The van der Waals surface area contributed by atoms with Crippen LogP contribution in [0.3, 0.4) is 0 Å². The van der Waals surface area contributed by atoms with Gasteiger partial charge in [-0.2, -0.15) is 5.26 Å². The third kappa shape index (κ3) is 4.37. The number of aromatic nitrogens is 1. The zero-order valence-corrected chi connectivity index (χ0v) is 9.41. The summed E-state index contributed by atoms with van der Waals surface area (Å²) in [6.45, 7) is 2.81. The van der Waals surface area contributed by atoms with E-state index in [-0.39, 0.29) is 11.9 Å². The van der Waals surface area contributed by atoms with Gasteiger partial charge in [-0.05, 0) is 37.9 Å². The molecule has 1 N–H and O–H groups in total. The SMILES string of the molecule is CC(NCCCCC#N)c1cncc(F)c1. The van der Waals surface area contributed by atoms with Crippen LogP contribution >= 0.6 is 0 Å². The predicted molar refractivity (Wildman–Crippen MR) is 60.1 cm³/mol. The third-order valence-electron chi connectivity index (χ3n) is 2.39. The summed E-state index contributed by atoms with van der Waals surface area (Å²) >= 11 is 0. The quantitative estimate of drug-likeness (QED) is 0.751. The highest BCUT2D eigenvalue weighted by Crippen LogP contribution is 2.11. The van der Waals surface area contributed by atoms with Crippen LogP contribution in [0.25, 0.3) is 0 Å². The Hall–Kier alpha value is -1.47. The minimum atomic E-state index is -0.310. The van der Waals surface area contributed by atoms with Crippen LogP contribution in [0.4, 0.5) is 4.39 Å². The molecule has 0 aromatic carbocycles. The lowest BCUT2D eigenvalue weighted by molar-refractivity contribution is 0.541. The van der Waals surface area contributed by atoms with Gasteiger partial charge in [0.25, 0.3) is 0 Å². The van der Waals surface area contributed by atoms with Crippen molar-refractivity contribution in [1.82, 2.24) is 10.3 Å². The van der Waals surface area contributed by atoms with Gasteiger partial charge >= 0.3 is 0 Å². The van der Waals surface area contributed by atoms with Crippen molar-refractivity contribution in [3.05, 3.63) is 29.8 Å². The van der Waals surface area contributed by atoms with Gasteiger partial charge in [-0.15, -0.1) is 0 Å². The summed E-state index contributed by atoms with van der Waals surface area (Å²) in [5.41, 5.74) is 0.847. The standard InChI is InChI=1S/C12H16FN3/c1-10(16-6-4-2-3-5-14)11-7-12(13)9-15-8-11/h7-10,16H,2-4,6H2,1H3. The smallest absolute Gasteiger partial charge is 0.141 e. The number of rotatable bonds is 6. The topological polar surface area (TPSA) is 48.7 Å². The Kier molecular flexibility index (Phi) is 5.44. The van der Waals surface area contributed by atoms with Crippen LogP contribution in [0.2, 0.25) is 0 Å². The van der Waals surface area contributed by atoms with Crippen LogP contribution in [0.5, 0.6) is 0 Å². The Morgan fingerprint density at radius 1 is 1.50 bits per heavy atom. The largest absolute Gasteiger partial charge is 0.310 e. The molecule has 0 aliphatic rings. The Bertz CT molecular complexity index is 360. The maximum atomic E-state index is 12.9. The maximum absolute atomic E-state index is 12.9.